The fourth-order valence-corrected chi connectivity index (χ4v) is 4.82. The summed E-state index contributed by atoms with van der Waals surface area (Å²) in [5.74, 6) is -1.13. The van der Waals surface area contributed by atoms with Gasteiger partial charge in [-0.1, -0.05) is 42.5 Å². The molecule has 1 aliphatic heterocycles. The predicted octanol–water partition coefficient (Wildman–Crippen LogP) is 6.76. The van der Waals surface area contributed by atoms with Crippen molar-refractivity contribution >= 4 is 5.69 Å². The Kier molecular flexibility index (Phi) is 7.41. The SMILES string of the molecule is O[C@H](CN1C[C@@](Cc2cccc(OC(F)(F)F)c2)(c2cccc(OC(F)(F)F)c2)c2ccccc21)C(F)(F)F. The van der Waals surface area contributed by atoms with Gasteiger partial charge in [-0.25, -0.2) is 0 Å². The number of anilines is 1. The molecule has 39 heavy (non-hydrogen) atoms. The average molecular weight is 565 g/mol. The van der Waals surface area contributed by atoms with Crippen LogP contribution < -0.4 is 14.4 Å². The molecule has 0 radical (unpaired) electrons. The molecule has 3 aromatic rings. The van der Waals surface area contributed by atoms with E-state index < -0.39 is 48.5 Å². The molecule has 13 heteroatoms. The molecule has 2 atom stereocenters. The molecule has 0 aliphatic carbocycles. The van der Waals surface area contributed by atoms with Gasteiger partial charge in [0.15, 0.2) is 6.10 Å². The highest BCUT2D eigenvalue weighted by molar-refractivity contribution is 5.67. The highest BCUT2D eigenvalue weighted by Gasteiger charge is 2.47. The first kappa shape index (κ1) is 28.4. The van der Waals surface area contributed by atoms with E-state index in [1.165, 1.54) is 35.2 Å². The van der Waals surface area contributed by atoms with Gasteiger partial charge in [-0.05, 0) is 53.4 Å². The van der Waals surface area contributed by atoms with Gasteiger partial charge in [0, 0.05) is 17.6 Å². The number of hydrogen-bond donors (Lipinski definition) is 1. The third-order valence-corrected chi connectivity index (χ3v) is 6.25. The number of ether oxygens (including phenoxy) is 2. The van der Waals surface area contributed by atoms with Crippen molar-refractivity contribution in [3.8, 4) is 11.5 Å². The lowest BCUT2D eigenvalue weighted by atomic mass is 9.71. The largest absolute Gasteiger partial charge is 0.573 e. The van der Waals surface area contributed by atoms with Crippen LogP contribution in [0.15, 0.2) is 72.8 Å². The first-order valence-corrected chi connectivity index (χ1v) is 11.4. The second-order valence-corrected chi connectivity index (χ2v) is 8.98. The lowest BCUT2D eigenvalue weighted by Gasteiger charge is -2.33. The Bertz CT molecular complexity index is 1310. The van der Waals surface area contributed by atoms with E-state index in [9.17, 15) is 44.6 Å². The van der Waals surface area contributed by atoms with Crippen molar-refractivity contribution in [2.24, 2.45) is 0 Å². The van der Waals surface area contributed by atoms with E-state index in [2.05, 4.69) is 9.47 Å². The number of benzene rings is 3. The molecule has 4 nitrogen and oxygen atoms in total. The highest BCUT2D eigenvalue weighted by atomic mass is 19.4. The number of hydrogen-bond acceptors (Lipinski definition) is 4. The Morgan fingerprint density at radius 3 is 1.97 bits per heavy atom. The average Bonchev–Trinajstić information content (AvgIpc) is 3.11. The summed E-state index contributed by atoms with van der Waals surface area (Å²) in [5, 5.41) is 9.78. The van der Waals surface area contributed by atoms with Crippen LogP contribution in [-0.4, -0.2) is 43.2 Å². The quantitative estimate of drug-likeness (QED) is 0.322. The molecule has 0 saturated carbocycles. The predicted molar refractivity (Wildman–Crippen MR) is 121 cm³/mol. The molecule has 0 fully saturated rings. The van der Waals surface area contributed by atoms with Crippen molar-refractivity contribution in [1.29, 1.82) is 0 Å². The molecular weight excluding hydrogens is 545 g/mol. The second kappa shape index (κ2) is 10.2. The Hall–Kier alpha value is -3.61. The number of alkyl halides is 9. The van der Waals surface area contributed by atoms with Gasteiger partial charge in [0.25, 0.3) is 0 Å². The van der Waals surface area contributed by atoms with Gasteiger partial charge < -0.3 is 19.5 Å². The smallest absolute Gasteiger partial charge is 0.406 e. The molecule has 210 valence electrons. The van der Waals surface area contributed by atoms with Gasteiger partial charge in [0.1, 0.15) is 11.5 Å². The van der Waals surface area contributed by atoms with E-state index >= 15 is 0 Å². The summed E-state index contributed by atoms with van der Waals surface area (Å²) in [5.41, 5.74) is -0.171. The molecule has 1 aliphatic rings. The minimum absolute atomic E-state index is 0.132. The van der Waals surface area contributed by atoms with Crippen LogP contribution >= 0.6 is 0 Å². The maximum absolute atomic E-state index is 13.2. The second-order valence-electron chi connectivity index (χ2n) is 8.98. The van der Waals surface area contributed by atoms with E-state index in [0.717, 1.165) is 24.3 Å². The molecule has 4 rings (SSSR count). The lowest BCUT2D eigenvalue weighted by Crippen LogP contribution is -2.44. The molecule has 0 spiro atoms. The van der Waals surface area contributed by atoms with Gasteiger partial charge in [-0.15, -0.1) is 26.3 Å². The van der Waals surface area contributed by atoms with E-state index in [4.69, 9.17) is 0 Å². The van der Waals surface area contributed by atoms with Crippen molar-refractivity contribution in [1.82, 2.24) is 0 Å². The van der Waals surface area contributed by atoms with Crippen LogP contribution in [0.4, 0.5) is 45.2 Å². The zero-order chi connectivity index (χ0) is 28.6. The Morgan fingerprint density at radius 1 is 0.769 bits per heavy atom. The molecule has 3 aromatic carbocycles. The maximum atomic E-state index is 13.2. The van der Waals surface area contributed by atoms with Gasteiger partial charge in [0.05, 0.1) is 6.54 Å². The number of halogens is 9. The van der Waals surface area contributed by atoms with E-state index in [0.29, 0.717) is 5.56 Å². The van der Waals surface area contributed by atoms with Crippen molar-refractivity contribution in [2.75, 3.05) is 18.0 Å². The Morgan fingerprint density at radius 2 is 1.36 bits per heavy atom. The number of rotatable bonds is 7. The van der Waals surface area contributed by atoms with Gasteiger partial charge >= 0.3 is 18.9 Å². The van der Waals surface area contributed by atoms with Crippen LogP contribution in [-0.2, 0) is 11.8 Å². The van der Waals surface area contributed by atoms with Crippen molar-refractivity contribution < 1.29 is 54.1 Å². The van der Waals surface area contributed by atoms with Crippen LogP contribution in [0.1, 0.15) is 16.7 Å². The van der Waals surface area contributed by atoms with Crippen LogP contribution in [0.2, 0.25) is 0 Å². The summed E-state index contributed by atoms with van der Waals surface area (Å²) >= 11 is 0. The molecule has 0 unspecified atom stereocenters. The van der Waals surface area contributed by atoms with Crippen molar-refractivity contribution in [3.05, 3.63) is 89.5 Å². The maximum Gasteiger partial charge on any atom is 0.573 e. The molecule has 0 amide bonds. The standard InChI is InChI=1S/C26H20F9NO3/c27-24(28,29)22(37)14-36-15-23(20-9-1-2-10-21(20)36,17-6-4-8-19(12-17)39-26(33,34)35)13-16-5-3-7-18(11-16)38-25(30,31)32/h1-12,22,37H,13-15H2/t22-,23+/m1/s1. The summed E-state index contributed by atoms with van der Waals surface area (Å²) in [6.07, 6.45) is -17.8. The number of nitrogens with zero attached hydrogens (tertiary/aromatic N) is 1. The van der Waals surface area contributed by atoms with E-state index in [1.807, 2.05) is 0 Å². The fourth-order valence-electron chi connectivity index (χ4n) is 4.82. The van der Waals surface area contributed by atoms with Gasteiger partial charge in [0.2, 0.25) is 0 Å². The third-order valence-electron chi connectivity index (χ3n) is 6.25. The highest BCUT2D eigenvalue weighted by Crippen LogP contribution is 2.48. The number of aliphatic hydroxyl groups is 1. The zero-order valence-electron chi connectivity index (χ0n) is 19.7. The lowest BCUT2D eigenvalue weighted by molar-refractivity contribution is -0.275. The summed E-state index contributed by atoms with van der Waals surface area (Å²) in [6, 6.07) is 16.0. The normalized spacial score (nSPS) is 18.6. The van der Waals surface area contributed by atoms with Crippen LogP contribution in [0.3, 0.4) is 0 Å². The number of β-amino-alcohol motifs (C(OH)–C–C–N with tert-alkyl or cyclic N) is 1. The number of para-hydroxylation sites is 1. The zero-order valence-corrected chi connectivity index (χ0v) is 19.7. The monoisotopic (exact) mass is 565 g/mol. The van der Waals surface area contributed by atoms with Crippen LogP contribution in [0.5, 0.6) is 11.5 Å². The first-order chi connectivity index (χ1) is 18.1. The summed E-state index contributed by atoms with van der Waals surface area (Å²) < 4.78 is 125. The van der Waals surface area contributed by atoms with Gasteiger partial charge in [-0.2, -0.15) is 13.2 Å². The van der Waals surface area contributed by atoms with E-state index in [-0.39, 0.29) is 29.8 Å². The number of fused-ring (bicyclic) bond motifs is 1. The summed E-state index contributed by atoms with van der Waals surface area (Å²) in [6.45, 7) is -1.11. The van der Waals surface area contributed by atoms with Crippen LogP contribution in [0, 0.1) is 0 Å². The Balaban J connectivity index is 1.84. The molecule has 1 N–H and O–H groups in total. The molecule has 0 bridgehead atoms. The molecular formula is C26H20F9NO3. The molecule has 0 aromatic heterocycles. The summed E-state index contributed by atoms with van der Waals surface area (Å²) in [4.78, 5) is 1.25. The van der Waals surface area contributed by atoms with Gasteiger partial charge in [-0.3, -0.25) is 0 Å². The minimum Gasteiger partial charge on any atom is -0.406 e. The number of aliphatic hydroxyl groups excluding tert-OH is 1. The first-order valence-electron chi connectivity index (χ1n) is 11.4. The Labute approximate surface area is 216 Å². The molecule has 1 heterocycles. The topological polar surface area (TPSA) is 41.9 Å². The van der Waals surface area contributed by atoms with Crippen molar-refractivity contribution in [3.63, 3.8) is 0 Å². The molecule has 0 saturated heterocycles. The third kappa shape index (κ3) is 6.70. The van der Waals surface area contributed by atoms with Crippen molar-refractivity contribution in [2.45, 2.75) is 36.8 Å². The fraction of sp³-hybridized carbons (Fsp3) is 0.308. The summed E-state index contributed by atoms with van der Waals surface area (Å²) in [7, 11) is 0. The minimum atomic E-state index is -5.02. The van der Waals surface area contributed by atoms with E-state index in [1.54, 1.807) is 18.2 Å². The van der Waals surface area contributed by atoms with Crippen LogP contribution in [0.25, 0.3) is 0 Å².